The molecule has 0 aromatic heterocycles. The molecule has 64 heavy (non-hydrogen) atoms. The van der Waals surface area contributed by atoms with Gasteiger partial charge in [0, 0.05) is 69.0 Å². The zero-order chi connectivity index (χ0) is 46.6. The first-order valence-corrected chi connectivity index (χ1v) is 25.1. The molecule has 4 atom stereocenters. The lowest BCUT2D eigenvalue weighted by Crippen LogP contribution is -2.55. The highest BCUT2D eigenvalue weighted by molar-refractivity contribution is 7.93. The van der Waals surface area contributed by atoms with Gasteiger partial charge in [0.15, 0.2) is 5.78 Å². The van der Waals surface area contributed by atoms with Gasteiger partial charge in [-0.05, 0) is 89.3 Å². The lowest BCUT2D eigenvalue weighted by molar-refractivity contribution is 0.0600. The highest BCUT2D eigenvalue weighted by atomic mass is 32.2. The number of sulfonamides is 2. The van der Waals surface area contributed by atoms with Crippen molar-refractivity contribution in [1.29, 1.82) is 0 Å². The zero-order valence-corrected chi connectivity index (χ0v) is 40.0. The fraction of sp³-hybridized carbons (Fsp3) is 0.458. The van der Waals surface area contributed by atoms with Gasteiger partial charge in [0.25, 0.3) is 0 Å². The van der Waals surface area contributed by atoms with Gasteiger partial charge in [-0.2, -0.15) is 0 Å². The molecule has 16 heteroatoms. The second-order valence-electron chi connectivity index (χ2n) is 17.1. The third kappa shape index (κ3) is 13.7. The molecule has 2 fully saturated rings. The molecule has 0 spiro atoms. The number of piperazine rings is 2. The van der Waals surface area contributed by atoms with Crippen molar-refractivity contribution < 1.29 is 31.2 Å². The predicted octanol–water partition coefficient (Wildman–Crippen LogP) is 5.02. The quantitative estimate of drug-likeness (QED) is 0.112. The number of para-hydroxylation sites is 2. The van der Waals surface area contributed by atoms with Crippen LogP contribution in [0.3, 0.4) is 0 Å². The van der Waals surface area contributed by atoms with Gasteiger partial charge in [0.2, 0.25) is 20.0 Å². The van der Waals surface area contributed by atoms with Gasteiger partial charge in [-0.3, -0.25) is 33.0 Å². The molecule has 348 valence electrons. The number of esters is 1. The van der Waals surface area contributed by atoms with Gasteiger partial charge >= 0.3 is 5.97 Å². The Morgan fingerprint density at radius 1 is 0.578 bits per heavy atom. The highest BCUT2D eigenvalue weighted by Gasteiger charge is 2.31. The van der Waals surface area contributed by atoms with Crippen LogP contribution in [0.2, 0.25) is 0 Å². The largest absolute Gasteiger partial charge is 0.465 e. The number of anilines is 2. The van der Waals surface area contributed by atoms with E-state index in [2.05, 4.69) is 61.4 Å². The summed E-state index contributed by atoms with van der Waals surface area (Å²) in [7, 11) is -1.56. The molecule has 2 N–H and O–H groups in total. The zero-order valence-electron chi connectivity index (χ0n) is 38.4. The third-order valence-electron chi connectivity index (χ3n) is 12.5. The van der Waals surface area contributed by atoms with Gasteiger partial charge in [-0.15, -0.1) is 0 Å². The van der Waals surface area contributed by atoms with Gasteiger partial charge in [0.05, 0.1) is 55.2 Å². The minimum absolute atomic E-state index is 0.0469. The maximum Gasteiger partial charge on any atom is 0.337 e. The van der Waals surface area contributed by atoms with Crippen LogP contribution in [-0.2, 0) is 37.9 Å². The number of ketones is 1. The van der Waals surface area contributed by atoms with Gasteiger partial charge < -0.3 is 10.5 Å². The van der Waals surface area contributed by atoms with E-state index in [9.17, 15) is 26.4 Å². The first-order valence-electron chi connectivity index (χ1n) is 21.9. The van der Waals surface area contributed by atoms with Crippen molar-refractivity contribution in [3.63, 3.8) is 0 Å². The van der Waals surface area contributed by atoms with E-state index in [1.54, 1.807) is 60.7 Å². The summed E-state index contributed by atoms with van der Waals surface area (Å²) in [5.41, 5.74) is 9.27. The number of nitrogens with two attached hydrogens (primary N) is 1. The Morgan fingerprint density at radius 2 is 0.922 bits per heavy atom. The molecule has 4 aromatic carbocycles. The van der Waals surface area contributed by atoms with E-state index >= 15 is 0 Å². The van der Waals surface area contributed by atoms with Crippen molar-refractivity contribution in [3.8, 4) is 0 Å². The summed E-state index contributed by atoms with van der Waals surface area (Å²) in [6, 6.07) is 33.7. The Morgan fingerprint density at radius 3 is 1.25 bits per heavy atom. The number of methoxy groups -OCH3 is 1. The Balaban J connectivity index is 0.000000241. The molecule has 14 nitrogen and oxygen atoms in total. The normalized spacial score (nSPS) is 20.2. The standard InChI is InChI=1S/C24H34N4O3S.C24H33N3O4S/c1-19-16-27(17-20(2)26(19)3)13-14-32(30,31)28(23-7-5-4-6-8-23)18-21-9-11-22(12-10-21)24(29)15-25;1-19-16-26(17-20(2)25(19)3)14-15-32(29,30)27(23-8-6-5-7-9-23)18-21-10-12-22(13-11-21)24(28)31-4/h4-12,19-20H,13-18,25H2,1-3H3;5-13,19-20H,14-18H2,1-4H3/t2*19-,20+. The Hall–Kier alpha value is -4.68. The Labute approximate surface area is 381 Å². The molecular weight excluding hydrogens is 851 g/mol. The second kappa shape index (κ2) is 23.0. The van der Waals surface area contributed by atoms with Crippen LogP contribution in [0.5, 0.6) is 0 Å². The number of carbonyl (C=O) groups is 2. The fourth-order valence-electron chi connectivity index (χ4n) is 8.10. The van der Waals surface area contributed by atoms with Crippen molar-refractivity contribution in [2.45, 2.75) is 65.0 Å². The van der Waals surface area contributed by atoms with Crippen LogP contribution in [-0.4, -0.2) is 151 Å². The minimum atomic E-state index is -3.57. The van der Waals surface area contributed by atoms with Crippen molar-refractivity contribution >= 4 is 43.2 Å². The number of hydrogen-bond donors (Lipinski definition) is 1. The fourth-order valence-corrected chi connectivity index (χ4v) is 11.1. The molecule has 0 radical (unpaired) electrons. The highest BCUT2D eigenvalue weighted by Crippen LogP contribution is 2.24. The summed E-state index contributed by atoms with van der Waals surface area (Å²) in [5.74, 6) is -0.459. The number of ether oxygens (including phenoxy) is 1. The molecule has 2 aliphatic rings. The first-order chi connectivity index (χ1) is 30.4. The Kier molecular flexibility index (Phi) is 18.1. The van der Waals surface area contributed by atoms with Crippen molar-refractivity contribution in [3.05, 3.63) is 131 Å². The summed E-state index contributed by atoms with van der Waals surface area (Å²) in [4.78, 5) is 32.6. The van der Waals surface area contributed by atoms with E-state index in [4.69, 9.17) is 10.5 Å². The number of carbonyl (C=O) groups excluding carboxylic acids is 2. The monoisotopic (exact) mass is 917 g/mol. The van der Waals surface area contributed by atoms with Crippen LogP contribution in [0.4, 0.5) is 11.4 Å². The number of rotatable bonds is 17. The van der Waals surface area contributed by atoms with E-state index in [1.165, 1.54) is 15.7 Å². The number of hydrogen-bond acceptors (Lipinski definition) is 12. The number of likely N-dealkylation sites (N-methyl/N-ethyl adjacent to an activating group) is 2. The lowest BCUT2D eigenvalue weighted by Gasteiger charge is -2.42. The molecule has 2 saturated heterocycles. The summed E-state index contributed by atoms with van der Waals surface area (Å²) in [6.45, 7) is 13.5. The van der Waals surface area contributed by atoms with E-state index in [0.717, 1.165) is 37.3 Å². The topological polar surface area (TPSA) is 157 Å². The van der Waals surface area contributed by atoms with Crippen LogP contribution in [0.15, 0.2) is 109 Å². The van der Waals surface area contributed by atoms with Gasteiger partial charge in [-0.25, -0.2) is 21.6 Å². The number of nitrogens with zero attached hydrogens (tertiary/aromatic N) is 6. The van der Waals surface area contributed by atoms with E-state index < -0.39 is 26.0 Å². The van der Waals surface area contributed by atoms with Crippen LogP contribution in [0.25, 0.3) is 0 Å². The van der Waals surface area contributed by atoms with Crippen molar-refractivity contribution in [2.75, 3.05) is 87.1 Å². The number of benzene rings is 4. The van der Waals surface area contributed by atoms with E-state index in [0.29, 0.717) is 59.8 Å². The smallest absolute Gasteiger partial charge is 0.337 e. The molecule has 0 saturated carbocycles. The average Bonchev–Trinajstić information content (AvgIpc) is 3.30. The second-order valence-corrected chi connectivity index (χ2v) is 21.1. The summed E-state index contributed by atoms with van der Waals surface area (Å²) in [5, 5.41) is 0. The third-order valence-corrected chi connectivity index (χ3v) is 15.9. The molecule has 2 heterocycles. The summed E-state index contributed by atoms with van der Waals surface area (Å²) >= 11 is 0. The average molecular weight is 918 g/mol. The Bertz CT molecular complexity index is 2130. The van der Waals surface area contributed by atoms with Gasteiger partial charge in [0.1, 0.15) is 0 Å². The molecule has 0 amide bonds. The van der Waals surface area contributed by atoms with Crippen LogP contribution >= 0.6 is 0 Å². The summed E-state index contributed by atoms with van der Waals surface area (Å²) in [6.07, 6.45) is 0. The maximum atomic E-state index is 13.4. The van der Waals surface area contributed by atoms with Crippen LogP contribution in [0.1, 0.15) is 59.5 Å². The van der Waals surface area contributed by atoms with Gasteiger partial charge in [-0.1, -0.05) is 72.8 Å². The van der Waals surface area contributed by atoms with Crippen molar-refractivity contribution in [2.24, 2.45) is 5.73 Å². The van der Waals surface area contributed by atoms with E-state index in [1.807, 2.05) is 48.5 Å². The molecule has 0 bridgehead atoms. The van der Waals surface area contributed by atoms with Crippen LogP contribution in [0, 0.1) is 0 Å². The first kappa shape index (κ1) is 50.3. The molecule has 6 rings (SSSR count). The molecule has 0 unspecified atom stereocenters. The summed E-state index contributed by atoms with van der Waals surface area (Å²) < 4.78 is 61.4. The van der Waals surface area contributed by atoms with Crippen molar-refractivity contribution in [1.82, 2.24) is 19.6 Å². The lowest BCUT2D eigenvalue weighted by atomic mass is 10.1. The predicted molar refractivity (Wildman–Crippen MR) is 257 cm³/mol. The molecule has 0 aliphatic carbocycles. The van der Waals surface area contributed by atoms with Crippen LogP contribution < -0.4 is 14.3 Å². The van der Waals surface area contributed by atoms with E-state index in [-0.39, 0.29) is 36.9 Å². The molecule has 4 aromatic rings. The minimum Gasteiger partial charge on any atom is -0.465 e. The molecular formula is C48H67N7O7S2. The maximum absolute atomic E-state index is 13.4. The molecule has 2 aliphatic heterocycles. The number of Topliss-reactive ketones (excluding diaryl/α,β-unsaturated/α-hetero) is 1. The SMILES string of the molecule is COC(=O)c1ccc(CN(c2ccccc2)S(=O)(=O)CCN2C[C@@H](C)N(C)[C@@H](C)C2)cc1.C[C@@H]1CN(CCS(=O)(=O)N(Cc2ccc(C(=O)CN)cc2)c2ccccc2)C[C@H](C)N1C.